The monoisotopic (exact) mass is 508 g/mol. The largest absolute Gasteiger partial charge is 0.340 e. The van der Waals surface area contributed by atoms with E-state index in [-0.39, 0.29) is 24.1 Å². The lowest BCUT2D eigenvalue weighted by atomic mass is 9.75. The number of pyridine rings is 2. The fraction of sp³-hybridized carbons (Fsp3) is 0.344. The summed E-state index contributed by atoms with van der Waals surface area (Å²) >= 11 is 0. The van der Waals surface area contributed by atoms with Crippen molar-refractivity contribution in [2.24, 2.45) is 11.7 Å². The van der Waals surface area contributed by atoms with Crippen LogP contribution in [0.15, 0.2) is 67.1 Å². The summed E-state index contributed by atoms with van der Waals surface area (Å²) in [6, 6.07) is 15.3. The summed E-state index contributed by atoms with van der Waals surface area (Å²) < 4.78 is 15.1. The fourth-order valence-corrected chi connectivity index (χ4v) is 6.51. The van der Waals surface area contributed by atoms with Crippen molar-refractivity contribution in [1.29, 1.82) is 0 Å². The van der Waals surface area contributed by atoms with Crippen LogP contribution in [-0.2, 0) is 12.8 Å². The van der Waals surface area contributed by atoms with E-state index < -0.39 is 0 Å². The van der Waals surface area contributed by atoms with Crippen molar-refractivity contribution in [2.45, 2.75) is 57.4 Å². The lowest BCUT2D eigenvalue weighted by Crippen LogP contribution is -2.31. The van der Waals surface area contributed by atoms with Gasteiger partial charge in [0.15, 0.2) is 5.78 Å². The zero-order chi connectivity index (χ0) is 26.2. The van der Waals surface area contributed by atoms with E-state index in [9.17, 15) is 4.79 Å². The number of anilines is 2. The number of Topliss-reactive ketones (excluding diaryl/α,β-unsaturated/α-hetero) is 1. The molecule has 3 atom stereocenters. The maximum absolute atomic E-state index is 15.1. The molecular formula is C32H33FN4O. The van der Waals surface area contributed by atoms with Gasteiger partial charge in [-0.2, -0.15) is 0 Å². The second-order valence-electron chi connectivity index (χ2n) is 11.0. The number of carbonyl (C=O) groups excluding carboxylic acids is 1. The molecule has 194 valence electrons. The lowest BCUT2D eigenvalue weighted by molar-refractivity contribution is 0.0994. The molecule has 2 aromatic carbocycles. The van der Waals surface area contributed by atoms with Gasteiger partial charge in [-0.3, -0.25) is 14.8 Å². The average molecular weight is 509 g/mol. The highest BCUT2D eigenvalue weighted by molar-refractivity contribution is 6.08. The van der Waals surface area contributed by atoms with Gasteiger partial charge in [-0.15, -0.1) is 0 Å². The zero-order valence-electron chi connectivity index (χ0n) is 21.7. The van der Waals surface area contributed by atoms with Gasteiger partial charge in [0, 0.05) is 48.0 Å². The number of hydrogen-bond donors (Lipinski definition) is 1. The van der Waals surface area contributed by atoms with E-state index in [4.69, 9.17) is 5.73 Å². The number of benzene rings is 2. The molecule has 1 aliphatic heterocycles. The molecule has 6 rings (SSSR count). The predicted octanol–water partition coefficient (Wildman–Crippen LogP) is 6.51. The summed E-state index contributed by atoms with van der Waals surface area (Å²) in [4.78, 5) is 24.8. The maximum Gasteiger partial charge on any atom is 0.169 e. The Hall–Kier alpha value is -3.64. The van der Waals surface area contributed by atoms with Gasteiger partial charge >= 0.3 is 0 Å². The number of halogens is 1. The number of fused-ring (bicyclic) bond motifs is 2. The fourth-order valence-electron chi connectivity index (χ4n) is 6.51. The Labute approximate surface area is 222 Å². The van der Waals surface area contributed by atoms with Gasteiger partial charge in [0.2, 0.25) is 0 Å². The maximum atomic E-state index is 15.1. The molecule has 1 saturated carbocycles. The van der Waals surface area contributed by atoms with E-state index in [1.54, 1.807) is 24.7 Å². The van der Waals surface area contributed by atoms with E-state index in [2.05, 4.69) is 40.0 Å². The van der Waals surface area contributed by atoms with E-state index in [1.165, 1.54) is 11.6 Å². The molecule has 1 fully saturated rings. The zero-order valence-corrected chi connectivity index (χ0v) is 21.7. The van der Waals surface area contributed by atoms with Crippen molar-refractivity contribution in [1.82, 2.24) is 9.97 Å². The third kappa shape index (κ3) is 4.69. The summed E-state index contributed by atoms with van der Waals surface area (Å²) in [6.45, 7) is 3.09. The van der Waals surface area contributed by atoms with Gasteiger partial charge in [-0.1, -0.05) is 25.1 Å². The molecular weight excluding hydrogens is 475 g/mol. The van der Waals surface area contributed by atoms with E-state index >= 15 is 4.39 Å². The van der Waals surface area contributed by atoms with Crippen LogP contribution >= 0.6 is 0 Å². The summed E-state index contributed by atoms with van der Waals surface area (Å²) in [5.74, 6) is 0.411. The minimum Gasteiger partial charge on any atom is -0.340 e. The Morgan fingerprint density at radius 1 is 1.11 bits per heavy atom. The SMILES string of the molecule is C[C@@H]1C[C@H](N)C[C@H](c2ccncc2CC(=O)c2ccc(F)c3cc(N4CCCc5ccccc54)cnc23)C1. The first-order chi connectivity index (χ1) is 18.5. The minimum absolute atomic E-state index is 0.0824. The third-order valence-corrected chi connectivity index (χ3v) is 8.22. The molecule has 0 unspecified atom stereocenters. The van der Waals surface area contributed by atoms with Crippen molar-refractivity contribution in [3.05, 3.63) is 95.2 Å². The Morgan fingerprint density at radius 2 is 1.97 bits per heavy atom. The van der Waals surface area contributed by atoms with Gasteiger partial charge in [0.1, 0.15) is 5.82 Å². The van der Waals surface area contributed by atoms with Gasteiger partial charge in [-0.25, -0.2) is 4.39 Å². The number of rotatable bonds is 5. The first-order valence-electron chi connectivity index (χ1n) is 13.6. The topological polar surface area (TPSA) is 72.1 Å². The molecule has 2 N–H and O–H groups in total. The molecule has 4 aromatic rings. The first-order valence-corrected chi connectivity index (χ1v) is 13.6. The van der Waals surface area contributed by atoms with Crippen LogP contribution < -0.4 is 10.6 Å². The summed E-state index contributed by atoms with van der Waals surface area (Å²) in [7, 11) is 0. The van der Waals surface area contributed by atoms with Crippen LogP contribution in [0, 0.1) is 11.7 Å². The average Bonchev–Trinajstić information content (AvgIpc) is 2.92. The number of para-hydroxylation sites is 1. The Bertz CT molecular complexity index is 1490. The smallest absolute Gasteiger partial charge is 0.169 e. The van der Waals surface area contributed by atoms with Gasteiger partial charge in [0.05, 0.1) is 17.4 Å². The molecule has 2 aliphatic rings. The van der Waals surface area contributed by atoms with Crippen LogP contribution in [0.1, 0.15) is 65.6 Å². The van der Waals surface area contributed by atoms with E-state index in [0.717, 1.165) is 61.2 Å². The highest BCUT2D eigenvalue weighted by Gasteiger charge is 2.28. The molecule has 1 aliphatic carbocycles. The van der Waals surface area contributed by atoms with Crippen LogP contribution in [0.3, 0.4) is 0 Å². The van der Waals surface area contributed by atoms with Crippen LogP contribution in [0.25, 0.3) is 10.9 Å². The van der Waals surface area contributed by atoms with Crippen molar-refractivity contribution in [3.8, 4) is 0 Å². The molecule has 3 heterocycles. The standard InChI is InChI=1S/C32H33FN4O/c1-20-13-22(15-24(34)14-20)26-10-11-35-18-23(26)16-31(38)27-8-9-29(33)28-17-25(19-36-32(27)28)37-12-4-6-21-5-2-3-7-30(21)37/h2-3,5,7-11,17-20,22,24H,4,6,12-16,34H2,1H3/t20-,22+,24-/m0/s1. The van der Waals surface area contributed by atoms with Gasteiger partial charge in [0.25, 0.3) is 0 Å². The molecule has 0 bridgehead atoms. The predicted molar refractivity (Wildman–Crippen MR) is 149 cm³/mol. The molecule has 0 amide bonds. The number of carbonyl (C=O) groups is 1. The number of nitrogens with zero attached hydrogens (tertiary/aromatic N) is 3. The number of ketones is 1. The van der Waals surface area contributed by atoms with Crippen LogP contribution in [0.4, 0.5) is 15.8 Å². The summed E-state index contributed by atoms with van der Waals surface area (Å²) in [5, 5.41) is 0.370. The van der Waals surface area contributed by atoms with Crippen LogP contribution in [-0.4, -0.2) is 28.3 Å². The van der Waals surface area contributed by atoms with Crippen LogP contribution in [0.5, 0.6) is 0 Å². The number of hydrogen-bond acceptors (Lipinski definition) is 5. The normalized spacial score (nSPS) is 21.3. The molecule has 2 aromatic heterocycles. The van der Waals surface area contributed by atoms with E-state index in [1.807, 2.05) is 18.2 Å². The third-order valence-electron chi connectivity index (χ3n) is 8.22. The van der Waals surface area contributed by atoms with Crippen LogP contribution in [0.2, 0.25) is 0 Å². The quantitative estimate of drug-likeness (QED) is 0.311. The van der Waals surface area contributed by atoms with Crippen molar-refractivity contribution >= 4 is 28.1 Å². The number of aromatic nitrogens is 2. The van der Waals surface area contributed by atoms with Gasteiger partial charge < -0.3 is 10.6 Å². The highest BCUT2D eigenvalue weighted by atomic mass is 19.1. The molecule has 0 spiro atoms. The van der Waals surface area contributed by atoms with Crippen molar-refractivity contribution in [3.63, 3.8) is 0 Å². The molecule has 0 radical (unpaired) electrons. The molecule has 38 heavy (non-hydrogen) atoms. The number of aryl methyl sites for hydroxylation is 1. The number of nitrogens with two attached hydrogens (primary N) is 1. The molecule has 0 saturated heterocycles. The lowest BCUT2D eigenvalue weighted by Gasteiger charge is -2.32. The van der Waals surface area contributed by atoms with Crippen molar-refractivity contribution in [2.75, 3.05) is 11.4 Å². The Morgan fingerprint density at radius 3 is 2.84 bits per heavy atom. The Balaban J connectivity index is 1.32. The minimum atomic E-state index is -0.372. The summed E-state index contributed by atoms with van der Waals surface area (Å²) in [6.07, 6.45) is 10.6. The highest BCUT2D eigenvalue weighted by Crippen LogP contribution is 2.38. The summed E-state index contributed by atoms with van der Waals surface area (Å²) in [5.41, 5.74) is 12.5. The van der Waals surface area contributed by atoms with Gasteiger partial charge in [-0.05, 0) is 91.0 Å². The molecule has 6 heteroatoms. The molecule has 5 nitrogen and oxygen atoms in total. The van der Waals surface area contributed by atoms with E-state index in [0.29, 0.717) is 28.3 Å². The first kappa shape index (κ1) is 24.7. The Kier molecular flexibility index (Phi) is 6.66. The van der Waals surface area contributed by atoms with Crippen molar-refractivity contribution < 1.29 is 9.18 Å². The second kappa shape index (κ2) is 10.3. The second-order valence-corrected chi connectivity index (χ2v) is 11.0.